The van der Waals surface area contributed by atoms with Crippen molar-refractivity contribution in [2.24, 2.45) is 5.73 Å². The van der Waals surface area contributed by atoms with E-state index in [2.05, 4.69) is 5.32 Å². The molecule has 0 aromatic carbocycles. The molecule has 0 rings (SSSR count). The van der Waals surface area contributed by atoms with E-state index in [1.54, 1.807) is 0 Å². The van der Waals surface area contributed by atoms with Crippen molar-refractivity contribution >= 4 is 22.8 Å². The maximum absolute atomic E-state index is 10.3. The lowest BCUT2D eigenvalue weighted by molar-refractivity contribution is -0.118. The average molecular weight is 162 g/mol. The maximum atomic E-state index is 10.3. The van der Waals surface area contributed by atoms with Gasteiger partial charge in [-0.1, -0.05) is 0 Å². The van der Waals surface area contributed by atoms with Gasteiger partial charge in [0, 0.05) is 19.2 Å². The number of carbonyl (C=O) groups is 1. The lowest BCUT2D eigenvalue weighted by Gasteiger charge is -1.96. The van der Waals surface area contributed by atoms with Crippen molar-refractivity contribution in [3.05, 3.63) is 0 Å². The van der Waals surface area contributed by atoms with Crippen molar-refractivity contribution in [3.8, 4) is 0 Å². The second-order valence-electron chi connectivity index (χ2n) is 1.73. The third-order valence-corrected chi connectivity index (χ3v) is 1.49. The smallest absolute Gasteiger partial charge is 0.299 e. The minimum Gasteiger partial charge on any atom is -0.355 e. The number of nitrogens with one attached hydrogen (secondary N) is 1. The SMILES string of the molecule is CC(=O)NCCSC(N)=[NH2+]. The van der Waals surface area contributed by atoms with Crippen LogP contribution in [0.25, 0.3) is 0 Å². The molecule has 4 nitrogen and oxygen atoms in total. The molecule has 10 heavy (non-hydrogen) atoms. The molecule has 0 aliphatic carbocycles. The molecule has 0 saturated heterocycles. The molecule has 5 N–H and O–H groups in total. The Hall–Kier alpha value is -0.710. The molecule has 5 heteroatoms. The van der Waals surface area contributed by atoms with Gasteiger partial charge in [0.15, 0.2) is 0 Å². The van der Waals surface area contributed by atoms with Crippen molar-refractivity contribution < 1.29 is 10.2 Å². The molecule has 58 valence electrons. The second kappa shape index (κ2) is 5.10. The number of amidine groups is 1. The molecule has 0 atom stereocenters. The van der Waals surface area contributed by atoms with Crippen molar-refractivity contribution in [1.29, 1.82) is 0 Å². The number of thioether (sulfide) groups is 1. The van der Waals surface area contributed by atoms with Crippen molar-refractivity contribution in [2.75, 3.05) is 12.3 Å². The van der Waals surface area contributed by atoms with Crippen LogP contribution in [-0.4, -0.2) is 23.4 Å². The standard InChI is InChI=1S/C5H11N3OS/c1-4(9)8-2-3-10-5(6)7/h2-3H2,1H3,(H3,6,7)(H,8,9)/p+1. The molecule has 0 heterocycles. The fourth-order valence-corrected chi connectivity index (χ4v) is 0.836. The van der Waals surface area contributed by atoms with Crippen LogP contribution in [0, 0.1) is 0 Å². The van der Waals surface area contributed by atoms with Gasteiger partial charge in [0.1, 0.15) is 0 Å². The van der Waals surface area contributed by atoms with Gasteiger partial charge in [0.2, 0.25) is 5.91 Å². The van der Waals surface area contributed by atoms with E-state index in [9.17, 15) is 4.79 Å². The Bertz CT molecular complexity index is 121. The van der Waals surface area contributed by atoms with Crippen LogP contribution >= 0.6 is 11.8 Å². The average Bonchev–Trinajstić information content (AvgIpc) is 1.79. The molecule has 0 aliphatic heterocycles. The van der Waals surface area contributed by atoms with Crippen LogP contribution in [-0.2, 0) is 4.79 Å². The van der Waals surface area contributed by atoms with Crippen molar-refractivity contribution in [2.45, 2.75) is 6.92 Å². The zero-order chi connectivity index (χ0) is 7.98. The fourth-order valence-electron chi connectivity index (χ4n) is 0.396. The number of hydrogen-bond donors (Lipinski definition) is 3. The van der Waals surface area contributed by atoms with Crippen molar-refractivity contribution in [3.63, 3.8) is 0 Å². The number of rotatable bonds is 3. The van der Waals surface area contributed by atoms with Gasteiger partial charge in [-0.3, -0.25) is 15.9 Å². The van der Waals surface area contributed by atoms with E-state index in [0.717, 1.165) is 5.75 Å². The largest absolute Gasteiger partial charge is 0.355 e. The predicted octanol–water partition coefficient (Wildman–Crippen LogP) is -2.07. The highest BCUT2D eigenvalue weighted by molar-refractivity contribution is 8.13. The zero-order valence-electron chi connectivity index (χ0n) is 5.89. The summed E-state index contributed by atoms with van der Waals surface area (Å²) in [5.41, 5.74) is 5.15. The van der Waals surface area contributed by atoms with Gasteiger partial charge in [0.25, 0.3) is 5.17 Å². The van der Waals surface area contributed by atoms with E-state index in [0.29, 0.717) is 11.7 Å². The molecule has 0 aromatic rings. The minimum absolute atomic E-state index is 0.0313. The van der Waals surface area contributed by atoms with E-state index < -0.39 is 0 Å². The summed E-state index contributed by atoms with van der Waals surface area (Å²) in [6.07, 6.45) is 0. The first-order valence-electron chi connectivity index (χ1n) is 2.88. The van der Waals surface area contributed by atoms with E-state index in [-0.39, 0.29) is 5.91 Å². The summed E-state index contributed by atoms with van der Waals surface area (Å²) >= 11 is 1.33. The monoisotopic (exact) mass is 162 g/mol. The second-order valence-corrected chi connectivity index (χ2v) is 2.90. The number of nitrogens with two attached hydrogens (primary N) is 2. The topological polar surface area (TPSA) is 80.7 Å². The first kappa shape index (κ1) is 9.29. The predicted molar refractivity (Wildman–Crippen MR) is 42.3 cm³/mol. The normalized spacial score (nSPS) is 8.90. The Kier molecular flexibility index (Phi) is 4.74. The summed E-state index contributed by atoms with van der Waals surface area (Å²) in [5.74, 6) is 0.693. The minimum atomic E-state index is -0.0313. The van der Waals surface area contributed by atoms with Crippen molar-refractivity contribution in [1.82, 2.24) is 5.32 Å². The summed E-state index contributed by atoms with van der Waals surface area (Å²) < 4.78 is 0. The Morgan fingerprint density at radius 2 is 2.40 bits per heavy atom. The van der Waals surface area contributed by atoms with E-state index >= 15 is 0 Å². The number of hydrogen-bond acceptors (Lipinski definition) is 2. The van der Waals surface area contributed by atoms with Gasteiger partial charge in [-0.25, -0.2) is 0 Å². The van der Waals surface area contributed by atoms with E-state index in [4.69, 9.17) is 11.1 Å². The Labute approximate surface area is 64.1 Å². The summed E-state index contributed by atoms with van der Waals surface area (Å²) in [7, 11) is 0. The van der Waals surface area contributed by atoms with E-state index in [1.165, 1.54) is 18.7 Å². The Morgan fingerprint density at radius 3 is 2.80 bits per heavy atom. The van der Waals surface area contributed by atoms with Gasteiger partial charge < -0.3 is 5.32 Å². The summed E-state index contributed by atoms with van der Waals surface area (Å²) in [6.45, 7) is 2.08. The van der Waals surface area contributed by atoms with Gasteiger partial charge >= 0.3 is 0 Å². The van der Waals surface area contributed by atoms with Crippen LogP contribution in [0.2, 0.25) is 0 Å². The highest BCUT2D eigenvalue weighted by Crippen LogP contribution is 1.91. The molecule has 0 spiro atoms. The first-order chi connectivity index (χ1) is 4.63. The molecule has 0 aromatic heterocycles. The quantitative estimate of drug-likeness (QED) is 0.253. The van der Waals surface area contributed by atoms with Crippen LogP contribution in [0.1, 0.15) is 6.92 Å². The lowest BCUT2D eigenvalue weighted by Crippen LogP contribution is -2.43. The van der Waals surface area contributed by atoms with Gasteiger partial charge in [-0.15, -0.1) is 0 Å². The zero-order valence-corrected chi connectivity index (χ0v) is 6.70. The first-order valence-corrected chi connectivity index (χ1v) is 3.86. The number of carbonyl (C=O) groups excluding carboxylic acids is 1. The van der Waals surface area contributed by atoms with Gasteiger partial charge in [0.05, 0.1) is 0 Å². The molecule has 0 aliphatic rings. The molecule has 0 fully saturated rings. The maximum Gasteiger partial charge on any atom is 0.299 e. The fraction of sp³-hybridized carbons (Fsp3) is 0.600. The molecule has 0 saturated carbocycles. The summed E-state index contributed by atoms with van der Waals surface area (Å²) in [5, 5.41) is 8.11. The van der Waals surface area contributed by atoms with Crippen LogP contribution in [0.5, 0.6) is 0 Å². The molecule has 1 amide bonds. The summed E-state index contributed by atoms with van der Waals surface area (Å²) in [6, 6.07) is 0. The lowest BCUT2D eigenvalue weighted by atomic mass is 10.6. The van der Waals surface area contributed by atoms with Crippen LogP contribution < -0.4 is 16.5 Å². The van der Waals surface area contributed by atoms with Gasteiger partial charge in [-0.2, -0.15) is 0 Å². The molecule has 0 unspecified atom stereocenters. The molecule has 0 radical (unpaired) electrons. The number of amides is 1. The highest BCUT2D eigenvalue weighted by atomic mass is 32.2. The molecule has 0 bridgehead atoms. The van der Waals surface area contributed by atoms with Crippen LogP contribution in [0.15, 0.2) is 0 Å². The van der Waals surface area contributed by atoms with E-state index in [1.807, 2.05) is 0 Å². The third kappa shape index (κ3) is 7.29. The Morgan fingerprint density at radius 1 is 1.80 bits per heavy atom. The van der Waals surface area contributed by atoms with Crippen LogP contribution in [0.4, 0.5) is 0 Å². The van der Waals surface area contributed by atoms with Gasteiger partial charge in [-0.05, 0) is 11.8 Å². The third-order valence-electron chi connectivity index (χ3n) is 0.745. The summed E-state index contributed by atoms with van der Waals surface area (Å²) in [4.78, 5) is 10.3. The molecular formula is C5H12N3OS+. The molecular weight excluding hydrogens is 150 g/mol. The highest BCUT2D eigenvalue weighted by Gasteiger charge is 1.95. The van der Waals surface area contributed by atoms with Crippen LogP contribution in [0.3, 0.4) is 0 Å². The Balaban J connectivity index is 3.06.